The SMILES string of the molecule is CC(C)(C)n1c[n+](-c2ccc(F)c(F)c2F)c(-c2ccccc2)n1.[O-][Cl+3]([O-])([O-])[O-]. The minimum Gasteiger partial charge on any atom is -0.222 e. The van der Waals surface area contributed by atoms with Crippen LogP contribution in [0.2, 0.25) is 0 Å². The van der Waals surface area contributed by atoms with Gasteiger partial charge in [-0.25, -0.2) is 27.4 Å². The molecule has 0 aliphatic heterocycles. The van der Waals surface area contributed by atoms with Crippen molar-refractivity contribution in [2.75, 3.05) is 0 Å². The second kappa shape index (κ2) is 8.47. The summed E-state index contributed by atoms with van der Waals surface area (Å²) in [7, 11) is -4.94. The second-order valence-electron chi connectivity index (χ2n) is 6.86. The van der Waals surface area contributed by atoms with Gasteiger partial charge in [-0.15, -0.1) is 14.9 Å². The van der Waals surface area contributed by atoms with Crippen LogP contribution in [0.1, 0.15) is 20.8 Å². The van der Waals surface area contributed by atoms with Gasteiger partial charge in [0.05, 0.1) is 5.56 Å². The molecule has 0 fully saturated rings. The maximum Gasteiger partial charge on any atom is 0.313 e. The lowest BCUT2D eigenvalue weighted by atomic mass is 10.1. The highest BCUT2D eigenvalue weighted by atomic mass is 35.7. The molecule has 7 nitrogen and oxygen atoms in total. The quantitative estimate of drug-likeness (QED) is 0.391. The Morgan fingerprint density at radius 3 is 1.97 bits per heavy atom. The topological polar surface area (TPSA) is 114 Å². The van der Waals surface area contributed by atoms with Crippen LogP contribution in [0.15, 0.2) is 48.8 Å². The molecule has 2 aromatic carbocycles. The summed E-state index contributed by atoms with van der Waals surface area (Å²) >= 11 is 0. The van der Waals surface area contributed by atoms with E-state index in [4.69, 9.17) is 18.6 Å². The molecule has 0 aliphatic carbocycles. The van der Waals surface area contributed by atoms with Gasteiger partial charge in [0.25, 0.3) is 0 Å². The Morgan fingerprint density at radius 1 is 0.897 bits per heavy atom. The minimum absolute atomic E-state index is 0.0942. The minimum atomic E-state index is -4.94. The molecule has 0 radical (unpaired) electrons. The van der Waals surface area contributed by atoms with Gasteiger partial charge in [0.15, 0.2) is 11.6 Å². The average molecular weight is 432 g/mol. The molecule has 0 saturated heterocycles. The number of benzene rings is 2. The molecule has 0 saturated carbocycles. The molecular weight excluding hydrogens is 415 g/mol. The predicted octanol–water partition coefficient (Wildman–Crippen LogP) is -0.757. The maximum atomic E-state index is 14.3. The predicted molar refractivity (Wildman–Crippen MR) is 84.1 cm³/mol. The number of hydrogen-bond acceptors (Lipinski definition) is 5. The van der Waals surface area contributed by atoms with E-state index in [-0.39, 0.29) is 11.2 Å². The molecule has 3 rings (SSSR count). The second-order valence-corrected chi connectivity index (χ2v) is 7.62. The number of hydrogen-bond donors (Lipinski definition) is 0. The summed E-state index contributed by atoms with van der Waals surface area (Å²) in [5.74, 6) is -3.52. The molecule has 0 aliphatic rings. The third-order valence-electron chi connectivity index (χ3n) is 3.65. The molecule has 1 aromatic heterocycles. The van der Waals surface area contributed by atoms with E-state index in [0.717, 1.165) is 11.6 Å². The smallest absolute Gasteiger partial charge is 0.222 e. The monoisotopic (exact) mass is 431 g/mol. The van der Waals surface area contributed by atoms with E-state index in [1.807, 2.05) is 51.1 Å². The zero-order chi connectivity index (χ0) is 22.0. The molecular formula is C18H17ClF3N3O4. The highest BCUT2D eigenvalue weighted by Crippen LogP contribution is 2.21. The Morgan fingerprint density at radius 2 is 1.45 bits per heavy atom. The highest BCUT2D eigenvalue weighted by Gasteiger charge is 2.30. The van der Waals surface area contributed by atoms with Crippen molar-refractivity contribution in [3.63, 3.8) is 0 Å². The van der Waals surface area contributed by atoms with E-state index in [0.29, 0.717) is 5.82 Å². The molecule has 0 amide bonds. The average Bonchev–Trinajstić information content (AvgIpc) is 3.05. The summed E-state index contributed by atoms with van der Waals surface area (Å²) in [5, 5.41) is 4.52. The molecule has 0 unspecified atom stereocenters. The van der Waals surface area contributed by atoms with Crippen LogP contribution in [0.3, 0.4) is 0 Å². The number of halogens is 4. The first-order valence-electron chi connectivity index (χ1n) is 8.12. The lowest BCUT2D eigenvalue weighted by Crippen LogP contribution is -2.68. The number of nitrogens with zero attached hydrogens (tertiary/aromatic N) is 3. The van der Waals surface area contributed by atoms with Gasteiger partial charge in [-0.05, 0) is 45.0 Å². The van der Waals surface area contributed by atoms with Crippen molar-refractivity contribution < 1.29 is 46.6 Å². The van der Waals surface area contributed by atoms with Crippen molar-refractivity contribution in [1.82, 2.24) is 9.78 Å². The van der Waals surface area contributed by atoms with Crippen molar-refractivity contribution in [2.24, 2.45) is 0 Å². The first-order valence-corrected chi connectivity index (χ1v) is 9.35. The Kier molecular flexibility index (Phi) is 6.66. The Labute approximate surface area is 166 Å². The molecule has 156 valence electrons. The molecule has 0 atom stereocenters. The molecule has 0 bridgehead atoms. The van der Waals surface area contributed by atoms with Crippen molar-refractivity contribution in [3.8, 4) is 17.1 Å². The molecule has 0 spiro atoms. The maximum absolute atomic E-state index is 14.3. The van der Waals surface area contributed by atoms with Gasteiger partial charge in [0, 0.05) is 5.10 Å². The molecule has 11 heteroatoms. The van der Waals surface area contributed by atoms with E-state index in [1.165, 1.54) is 10.6 Å². The fourth-order valence-corrected chi connectivity index (χ4v) is 2.33. The van der Waals surface area contributed by atoms with Gasteiger partial charge >= 0.3 is 5.82 Å². The van der Waals surface area contributed by atoms with Crippen molar-refractivity contribution in [2.45, 2.75) is 26.3 Å². The highest BCUT2D eigenvalue weighted by molar-refractivity contribution is 5.52. The molecule has 0 N–H and O–H groups in total. The van der Waals surface area contributed by atoms with Crippen molar-refractivity contribution in [3.05, 3.63) is 66.2 Å². The molecule has 1 heterocycles. The zero-order valence-corrected chi connectivity index (χ0v) is 16.4. The lowest BCUT2D eigenvalue weighted by molar-refractivity contribution is -2.00. The van der Waals surface area contributed by atoms with Crippen molar-refractivity contribution in [1.29, 1.82) is 0 Å². The van der Waals surface area contributed by atoms with Crippen LogP contribution in [0.5, 0.6) is 0 Å². The Hall–Kier alpha value is -2.50. The van der Waals surface area contributed by atoms with Crippen LogP contribution in [0.4, 0.5) is 13.2 Å². The fourth-order valence-electron chi connectivity index (χ4n) is 2.33. The van der Waals surface area contributed by atoms with Gasteiger partial charge in [0.2, 0.25) is 12.1 Å². The van der Waals surface area contributed by atoms with E-state index in [1.54, 1.807) is 11.0 Å². The summed E-state index contributed by atoms with van der Waals surface area (Å²) < 4.78 is 78.3. The zero-order valence-electron chi connectivity index (χ0n) is 15.6. The van der Waals surface area contributed by atoms with Gasteiger partial charge in [-0.1, -0.05) is 18.2 Å². The summed E-state index contributed by atoms with van der Waals surface area (Å²) in [6.07, 6.45) is 1.58. The van der Waals surface area contributed by atoms with E-state index in [2.05, 4.69) is 5.10 Å². The van der Waals surface area contributed by atoms with Gasteiger partial charge in [-0.3, -0.25) is 0 Å². The van der Waals surface area contributed by atoms with Crippen LogP contribution in [-0.2, 0) is 5.54 Å². The third-order valence-corrected chi connectivity index (χ3v) is 3.65. The van der Waals surface area contributed by atoms with E-state index in [9.17, 15) is 13.2 Å². The Bertz CT molecular complexity index is 980. The normalized spacial score (nSPS) is 11.8. The standard InChI is InChI=1S/C18H17F3N3.ClHO4/c1-18(2,3)24-11-23(14-10-9-13(19)15(20)16(14)21)17(22-24)12-7-5-4-6-8-12;2-1(3,4)5/h4-11H,1-3H3;(H,2,3,4,5)/q+1;/p-1. The van der Waals surface area contributed by atoms with Crippen LogP contribution >= 0.6 is 0 Å². The van der Waals surface area contributed by atoms with Gasteiger partial charge < -0.3 is 0 Å². The van der Waals surface area contributed by atoms with Crippen LogP contribution < -0.4 is 23.2 Å². The van der Waals surface area contributed by atoms with E-state index < -0.39 is 27.7 Å². The fraction of sp³-hybridized carbons (Fsp3) is 0.222. The number of aromatic nitrogens is 3. The molecule has 3 aromatic rings. The molecule has 29 heavy (non-hydrogen) atoms. The van der Waals surface area contributed by atoms with Gasteiger partial charge in [0.1, 0.15) is 11.2 Å². The summed E-state index contributed by atoms with van der Waals surface area (Å²) in [5.41, 5.74) is 0.289. The van der Waals surface area contributed by atoms with E-state index >= 15 is 0 Å². The largest absolute Gasteiger partial charge is 0.313 e. The lowest BCUT2D eigenvalue weighted by Gasteiger charge is -2.17. The third kappa shape index (κ3) is 5.99. The first-order chi connectivity index (χ1) is 13.3. The summed E-state index contributed by atoms with van der Waals surface area (Å²) in [6, 6.07) is 11.3. The number of rotatable bonds is 2. The first kappa shape index (κ1) is 22.8. The van der Waals surface area contributed by atoms with Crippen LogP contribution in [0, 0.1) is 27.7 Å². The Balaban J connectivity index is 0.000000537. The summed E-state index contributed by atoms with van der Waals surface area (Å²) in [6.45, 7) is 5.84. The summed E-state index contributed by atoms with van der Waals surface area (Å²) in [4.78, 5) is 0. The van der Waals surface area contributed by atoms with Crippen molar-refractivity contribution >= 4 is 0 Å². The van der Waals surface area contributed by atoms with Crippen LogP contribution in [0.25, 0.3) is 17.1 Å². The van der Waals surface area contributed by atoms with Crippen LogP contribution in [-0.4, -0.2) is 9.78 Å². The van der Waals surface area contributed by atoms with Gasteiger partial charge in [-0.2, -0.15) is 8.96 Å².